The molecule has 13 heavy (non-hydrogen) atoms. The second kappa shape index (κ2) is 13.0. The van der Waals surface area contributed by atoms with Crippen LogP contribution in [-0.4, -0.2) is 70.6 Å². The minimum atomic E-state index is 0. The fraction of sp³-hybridized carbons (Fsp3) is 0.500. The molecule has 1 aliphatic heterocycles. The summed E-state index contributed by atoms with van der Waals surface area (Å²) < 4.78 is 1.01. The Labute approximate surface area is 145 Å². The largest absolute Gasteiger partial charge is 0.143 e. The summed E-state index contributed by atoms with van der Waals surface area (Å²) in [4.78, 5) is 0. The number of hydrogen-bond donors (Lipinski definition) is 0. The third-order valence-corrected chi connectivity index (χ3v) is 5.76. The average molecular weight is 286 g/mol. The summed E-state index contributed by atoms with van der Waals surface area (Å²) in [6.45, 7) is 0. The summed E-state index contributed by atoms with van der Waals surface area (Å²) in [6.07, 6.45) is 1.43. The molecule has 2 rings (SSSR count). The monoisotopic (exact) mass is 286 g/mol. The quantitative estimate of drug-likeness (QED) is 0.407. The van der Waals surface area contributed by atoms with Crippen LogP contribution in [0.2, 0.25) is 0 Å². The van der Waals surface area contributed by atoms with Gasteiger partial charge in [-0.25, -0.2) is 0 Å². The van der Waals surface area contributed by atoms with Crippen molar-refractivity contribution in [1.82, 2.24) is 0 Å². The average Bonchev–Trinajstić information content (AvgIpc) is 2.57. The Hall–Kier alpha value is 2.97. The van der Waals surface area contributed by atoms with Crippen molar-refractivity contribution in [2.75, 3.05) is 11.5 Å². The molecule has 0 bridgehead atoms. The molecule has 7 heteroatoms. The normalized spacial score (nSPS) is 13.2. The molecule has 1 aliphatic rings. The van der Waals surface area contributed by atoms with Gasteiger partial charge in [0.2, 0.25) is 0 Å². The van der Waals surface area contributed by atoms with Crippen LogP contribution < -0.4 is 0 Å². The van der Waals surface area contributed by atoms with E-state index in [-0.39, 0.29) is 59.1 Å². The van der Waals surface area contributed by atoms with Crippen molar-refractivity contribution in [3.05, 3.63) is 13.9 Å². The zero-order valence-electron chi connectivity index (χ0n) is 7.82. The number of hydrogen-bond acceptors (Lipinski definition) is 5. The molecule has 1 saturated heterocycles. The van der Waals surface area contributed by atoms with Crippen LogP contribution in [0.15, 0.2) is 10.8 Å². The van der Waals surface area contributed by atoms with Crippen LogP contribution in [0, 0.1) is 3.14 Å². The Balaban J connectivity index is 0. The Morgan fingerprint density at radius 2 is 1.46 bits per heavy atom. The molecular weight excluding hydrogens is 278 g/mol. The van der Waals surface area contributed by atoms with E-state index < -0.39 is 0 Å². The molecule has 0 aromatic carbocycles. The van der Waals surface area contributed by atoms with E-state index in [1.807, 2.05) is 32.3 Å². The zero-order valence-corrected chi connectivity index (χ0v) is 15.9. The number of rotatable bonds is 0. The van der Waals surface area contributed by atoms with Gasteiger partial charge in [0, 0.05) is 81.4 Å². The standard InChI is InChI=1S/C3H2S3.C3H6S2.2Na/c4-3-5-1-2-6-3;1-2-4-5-3-1;;/h1-2H;1-3H2;;. The Bertz CT molecular complexity index is 205. The van der Waals surface area contributed by atoms with E-state index in [1.54, 1.807) is 22.7 Å². The van der Waals surface area contributed by atoms with E-state index in [0.717, 1.165) is 3.14 Å². The van der Waals surface area contributed by atoms with Crippen molar-refractivity contribution in [2.45, 2.75) is 6.42 Å². The fourth-order valence-electron chi connectivity index (χ4n) is 0.489. The molecule has 0 amide bonds. The molecule has 1 aromatic heterocycles. The molecule has 1 fully saturated rings. The van der Waals surface area contributed by atoms with Gasteiger partial charge in [-0.3, -0.25) is 0 Å². The molecule has 2 radical (unpaired) electrons. The first kappa shape index (κ1) is 18.3. The summed E-state index contributed by atoms with van der Waals surface area (Å²) in [5, 5.41) is 3.99. The molecule has 2 heterocycles. The first-order chi connectivity index (χ1) is 5.39. The maximum Gasteiger partial charge on any atom is 0.143 e. The minimum Gasteiger partial charge on any atom is -0.121 e. The summed E-state index contributed by atoms with van der Waals surface area (Å²) in [5.41, 5.74) is 0. The molecule has 0 aliphatic carbocycles. The van der Waals surface area contributed by atoms with E-state index in [1.165, 1.54) is 17.9 Å². The predicted octanol–water partition coefficient (Wildman–Crippen LogP) is 3.55. The smallest absolute Gasteiger partial charge is 0.121 e. The summed E-state index contributed by atoms with van der Waals surface area (Å²) in [5.74, 6) is 2.76. The summed E-state index contributed by atoms with van der Waals surface area (Å²) >= 11 is 8.00. The van der Waals surface area contributed by atoms with Gasteiger partial charge in [-0.1, -0.05) is 33.8 Å². The second-order valence-corrected chi connectivity index (χ2v) is 7.47. The van der Waals surface area contributed by atoms with Crippen LogP contribution >= 0.6 is 56.5 Å². The van der Waals surface area contributed by atoms with Gasteiger partial charge in [-0.05, 0) is 6.42 Å². The molecule has 0 atom stereocenters. The first-order valence-electron chi connectivity index (χ1n) is 3.16. The molecule has 0 unspecified atom stereocenters. The van der Waals surface area contributed by atoms with E-state index >= 15 is 0 Å². The van der Waals surface area contributed by atoms with Crippen LogP contribution in [0.3, 0.4) is 0 Å². The zero-order chi connectivity index (χ0) is 7.94. The minimum absolute atomic E-state index is 0. The predicted molar refractivity (Wildman–Crippen MR) is 74.1 cm³/mol. The molecule has 0 N–H and O–H groups in total. The van der Waals surface area contributed by atoms with Gasteiger partial charge in [0.25, 0.3) is 0 Å². The maximum absolute atomic E-state index is 4.78. The van der Waals surface area contributed by atoms with Crippen molar-refractivity contribution in [3.63, 3.8) is 0 Å². The van der Waals surface area contributed by atoms with E-state index in [0.29, 0.717) is 0 Å². The topological polar surface area (TPSA) is 0 Å². The third-order valence-electron chi connectivity index (χ3n) is 0.923. The van der Waals surface area contributed by atoms with Gasteiger partial charge in [0.15, 0.2) is 0 Å². The Morgan fingerprint density at radius 3 is 1.62 bits per heavy atom. The van der Waals surface area contributed by atoms with Crippen LogP contribution in [0.4, 0.5) is 0 Å². The first-order valence-corrected chi connectivity index (χ1v) is 7.82. The van der Waals surface area contributed by atoms with Gasteiger partial charge in [0.05, 0.1) is 0 Å². The van der Waals surface area contributed by atoms with Gasteiger partial charge in [-0.2, -0.15) is 0 Å². The van der Waals surface area contributed by atoms with Gasteiger partial charge >= 0.3 is 0 Å². The Kier molecular flexibility index (Phi) is 18.4. The second-order valence-electron chi connectivity index (χ2n) is 1.76. The molecule has 0 nitrogen and oxygen atoms in total. The molecule has 0 saturated carbocycles. The molecule has 0 spiro atoms. The van der Waals surface area contributed by atoms with E-state index in [2.05, 4.69) is 0 Å². The molecule has 64 valence electrons. The molecule has 1 aromatic rings. The van der Waals surface area contributed by atoms with Crippen molar-refractivity contribution in [2.24, 2.45) is 0 Å². The maximum atomic E-state index is 4.78. The van der Waals surface area contributed by atoms with Crippen molar-refractivity contribution in [1.29, 1.82) is 0 Å². The SMILES string of the molecule is C1CSSC1.S=c1sccs1.[Na].[Na]. The van der Waals surface area contributed by atoms with Crippen molar-refractivity contribution in [3.8, 4) is 0 Å². The van der Waals surface area contributed by atoms with Gasteiger partial charge in [-0.15, -0.1) is 22.7 Å². The van der Waals surface area contributed by atoms with Crippen LogP contribution in [0.1, 0.15) is 6.42 Å². The van der Waals surface area contributed by atoms with Crippen molar-refractivity contribution < 1.29 is 0 Å². The Morgan fingerprint density at radius 1 is 1.00 bits per heavy atom. The van der Waals surface area contributed by atoms with E-state index in [9.17, 15) is 0 Å². The van der Waals surface area contributed by atoms with Gasteiger partial charge in [0.1, 0.15) is 3.14 Å². The van der Waals surface area contributed by atoms with Crippen LogP contribution in [0.5, 0.6) is 0 Å². The molecular formula is C6H8Na2S5. The van der Waals surface area contributed by atoms with Crippen LogP contribution in [0.25, 0.3) is 0 Å². The van der Waals surface area contributed by atoms with Crippen LogP contribution in [-0.2, 0) is 0 Å². The summed E-state index contributed by atoms with van der Waals surface area (Å²) in [6, 6.07) is 0. The fourth-order valence-corrected chi connectivity index (χ4v) is 4.40. The third kappa shape index (κ3) is 11.2. The van der Waals surface area contributed by atoms with Gasteiger partial charge < -0.3 is 0 Å². The van der Waals surface area contributed by atoms with Crippen molar-refractivity contribution >= 4 is 116 Å². The van der Waals surface area contributed by atoms with E-state index in [4.69, 9.17) is 12.2 Å². The summed E-state index contributed by atoms with van der Waals surface area (Å²) in [7, 11) is 3.98.